The van der Waals surface area contributed by atoms with Gasteiger partial charge in [-0.25, -0.2) is 0 Å². The number of carbonyl (C=O) groups is 2. The Hall–Kier alpha value is -1.55. The van der Waals surface area contributed by atoms with Gasteiger partial charge in [-0.05, 0) is 67.3 Å². The van der Waals surface area contributed by atoms with Gasteiger partial charge >= 0.3 is 5.91 Å². The number of benzene rings is 1. The zero-order valence-electron chi connectivity index (χ0n) is 14.1. The first-order valence-corrected chi connectivity index (χ1v) is 9.32. The molecule has 24 heavy (non-hydrogen) atoms. The van der Waals surface area contributed by atoms with E-state index in [0.717, 1.165) is 29.3 Å². The Kier molecular flexibility index (Phi) is 6.27. The van der Waals surface area contributed by atoms with Crippen LogP contribution in [0.3, 0.4) is 0 Å². The van der Waals surface area contributed by atoms with Crippen molar-refractivity contribution in [1.82, 2.24) is 5.32 Å². The van der Waals surface area contributed by atoms with Crippen molar-refractivity contribution in [3.05, 3.63) is 27.8 Å². The van der Waals surface area contributed by atoms with E-state index in [-0.39, 0.29) is 11.9 Å². The predicted molar refractivity (Wildman–Crippen MR) is 105 cm³/mol. The minimum Gasteiger partial charge on any atom is -0.351 e. The Morgan fingerprint density at radius 1 is 1.25 bits per heavy atom. The number of hydrogen-bond donors (Lipinski definition) is 1. The molecule has 1 N–H and O–H groups in total. The maximum absolute atomic E-state index is 12.9. The summed E-state index contributed by atoms with van der Waals surface area (Å²) in [6, 6.07) is 7.61. The number of hydrogen-bond acceptors (Lipinski definition) is 2. The fraction of sp³-hybridized carbons (Fsp3) is 0.474. The van der Waals surface area contributed by atoms with Gasteiger partial charge in [0.05, 0.1) is 5.69 Å². The Morgan fingerprint density at radius 3 is 2.46 bits per heavy atom. The Bertz CT molecular complexity index is 658. The zero-order valence-corrected chi connectivity index (χ0v) is 16.3. The molecule has 0 heterocycles. The van der Waals surface area contributed by atoms with Crippen molar-refractivity contribution in [3.63, 3.8) is 0 Å². The second kappa shape index (κ2) is 8.02. The molecule has 0 spiro atoms. The summed E-state index contributed by atoms with van der Waals surface area (Å²) in [6.45, 7) is 3.48. The Balaban J connectivity index is 2.30. The lowest BCUT2D eigenvalue weighted by molar-refractivity contribution is -0.128. The van der Waals surface area contributed by atoms with Gasteiger partial charge in [0.25, 0.3) is 0 Å². The van der Waals surface area contributed by atoms with Crippen LogP contribution in [-0.4, -0.2) is 23.4 Å². The molecule has 1 saturated carbocycles. The van der Waals surface area contributed by atoms with Crippen LogP contribution in [0.5, 0.6) is 0 Å². The SMILES string of the molecule is C#CC(=O)N(c1ccccc1I)C(C)(C)C(=O)NC1CCCCC1. The highest BCUT2D eigenvalue weighted by atomic mass is 127. The number of halogens is 1. The van der Waals surface area contributed by atoms with Crippen LogP contribution in [0.25, 0.3) is 0 Å². The first-order valence-electron chi connectivity index (χ1n) is 8.24. The average Bonchev–Trinajstić information content (AvgIpc) is 2.57. The van der Waals surface area contributed by atoms with Crippen molar-refractivity contribution >= 4 is 40.1 Å². The fourth-order valence-corrected chi connectivity index (χ4v) is 3.70. The number of para-hydroxylation sites is 1. The Labute approximate surface area is 157 Å². The fourth-order valence-electron chi connectivity index (χ4n) is 3.07. The van der Waals surface area contributed by atoms with Gasteiger partial charge < -0.3 is 5.32 Å². The monoisotopic (exact) mass is 438 g/mol. The summed E-state index contributed by atoms with van der Waals surface area (Å²) in [5, 5.41) is 3.10. The molecule has 0 aromatic heterocycles. The van der Waals surface area contributed by atoms with Crippen LogP contribution in [0, 0.1) is 15.9 Å². The normalized spacial score (nSPS) is 15.4. The summed E-state index contributed by atoms with van der Waals surface area (Å²) in [5.41, 5.74) is -0.410. The molecule has 0 saturated heterocycles. The highest BCUT2D eigenvalue weighted by molar-refractivity contribution is 14.1. The molecule has 2 rings (SSSR count). The number of nitrogens with zero attached hydrogens (tertiary/aromatic N) is 1. The van der Waals surface area contributed by atoms with E-state index in [1.54, 1.807) is 13.8 Å². The molecule has 1 fully saturated rings. The van der Waals surface area contributed by atoms with Crippen molar-refractivity contribution in [3.8, 4) is 12.3 Å². The highest BCUT2D eigenvalue weighted by Gasteiger charge is 2.40. The lowest BCUT2D eigenvalue weighted by Gasteiger charge is -2.38. The summed E-state index contributed by atoms with van der Waals surface area (Å²) in [4.78, 5) is 26.7. The predicted octanol–water partition coefficient (Wildman–Crippen LogP) is 3.48. The first kappa shape index (κ1) is 18.8. The first-order chi connectivity index (χ1) is 11.4. The van der Waals surface area contributed by atoms with E-state index < -0.39 is 11.4 Å². The van der Waals surface area contributed by atoms with E-state index in [9.17, 15) is 9.59 Å². The second-order valence-electron chi connectivity index (χ2n) is 6.60. The van der Waals surface area contributed by atoms with Crippen molar-refractivity contribution in [1.29, 1.82) is 0 Å². The van der Waals surface area contributed by atoms with Gasteiger partial charge in [0.15, 0.2) is 0 Å². The molecule has 5 heteroatoms. The van der Waals surface area contributed by atoms with Crippen molar-refractivity contribution in [2.75, 3.05) is 4.90 Å². The summed E-state index contributed by atoms with van der Waals surface area (Å²) in [6.07, 6.45) is 10.8. The third-order valence-corrected chi connectivity index (χ3v) is 5.39. The third-order valence-electron chi connectivity index (χ3n) is 4.47. The lowest BCUT2D eigenvalue weighted by atomic mass is 9.93. The molecule has 0 unspecified atom stereocenters. The van der Waals surface area contributed by atoms with Gasteiger partial charge in [0.2, 0.25) is 5.91 Å². The van der Waals surface area contributed by atoms with Crippen LogP contribution in [0.4, 0.5) is 5.69 Å². The summed E-state index contributed by atoms with van der Waals surface area (Å²) < 4.78 is 0.872. The Morgan fingerprint density at radius 2 is 1.88 bits per heavy atom. The minimum absolute atomic E-state index is 0.169. The van der Waals surface area contributed by atoms with Gasteiger partial charge in [-0.15, -0.1) is 6.42 Å². The van der Waals surface area contributed by atoms with Gasteiger partial charge in [-0.2, -0.15) is 0 Å². The molecular weight excluding hydrogens is 415 g/mol. The van der Waals surface area contributed by atoms with E-state index in [1.165, 1.54) is 11.3 Å². The number of carbonyl (C=O) groups excluding carboxylic acids is 2. The van der Waals surface area contributed by atoms with Crippen LogP contribution < -0.4 is 10.2 Å². The molecule has 128 valence electrons. The number of amides is 2. The molecule has 0 atom stereocenters. The smallest absolute Gasteiger partial charge is 0.303 e. The maximum Gasteiger partial charge on any atom is 0.303 e. The molecule has 0 radical (unpaired) electrons. The molecule has 0 bridgehead atoms. The molecule has 2 amide bonds. The molecule has 0 aliphatic heterocycles. The van der Waals surface area contributed by atoms with Gasteiger partial charge in [0, 0.05) is 9.61 Å². The quantitative estimate of drug-likeness (QED) is 0.578. The van der Waals surface area contributed by atoms with Crippen molar-refractivity contribution in [2.24, 2.45) is 0 Å². The average molecular weight is 438 g/mol. The number of rotatable bonds is 4. The van der Waals surface area contributed by atoms with E-state index in [0.29, 0.717) is 5.69 Å². The molecular formula is C19H23IN2O2. The van der Waals surface area contributed by atoms with E-state index in [1.807, 2.05) is 24.3 Å². The molecule has 1 aromatic rings. The largest absolute Gasteiger partial charge is 0.351 e. The molecule has 1 aliphatic rings. The van der Waals surface area contributed by atoms with E-state index in [2.05, 4.69) is 33.8 Å². The standard InChI is InChI=1S/C19H23IN2O2/c1-4-17(23)22(16-13-9-8-12-15(16)20)19(2,3)18(24)21-14-10-6-5-7-11-14/h1,8-9,12-14H,5-7,10-11H2,2-3H3,(H,21,24). The molecule has 1 aromatic carbocycles. The lowest BCUT2D eigenvalue weighted by Crippen LogP contribution is -2.59. The van der Waals surface area contributed by atoms with Crippen LogP contribution in [0.15, 0.2) is 24.3 Å². The third kappa shape index (κ3) is 4.10. The van der Waals surface area contributed by atoms with Crippen molar-refractivity contribution < 1.29 is 9.59 Å². The summed E-state index contributed by atoms with van der Waals surface area (Å²) in [5.74, 6) is 1.48. The topological polar surface area (TPSA) is 49.4 Å². The zero-order chi connectivity index (χ0) is 17.7. The number of terminal acetylenes is 1. The second-order valence-corrected chi connectivity index (χ2v) is 7.77. The van der Waals surface area contributed by atoms with Crippen LogP contribution in [-0.2, 0) is 9.59 Å². The highest BCUT2D eigenvalue weighted by Crippen LogP contribution is 2.29. The van der Waals surface area contributed by atoms with E-state index in [4.69, 9.17) is 6.42 Å². The minimum atomic E-state index is -1.07. The molecule has 4 nitrogen and oxygen atoms in total. The maximum atomic E-state index is 12.9. The van der Waals surface area contributed by atoms with Crippen molar-refractivity contribution in [2.45, 2.75) is 57.5 Å². The summed E-state index contributed by atoms with van der Waals surface area (Å²) >= 11 is 2.15. The van der Waals surface area contributed by atoms with Gasteiger partial charge in [-0.1, -0.05) is 31.4 Å². The van der Waals surface area contributed by atoms with Gasteiger partial charge in [-0.3, -0.25) is 14.5 Å². The van der Waals surface area contributed by atoms with Crippen LogP contribution >= 0.6 is 22.6 Å². The number of anilines is 1. The van der Waals surface area contributed by atoms with Gasteiger partial charge in [0.1, 0.15) is 5.54 Å². The van der Waals surface area contributed by atoms with E-state index >= 15 is 0 Å². The number of nitrogens with one attached hydrogen (secondary N) is 1. The van der Waals surface area contributed by atoms with Crippen LogP contribution in [0.1, 0.15) is 46.0 Å². The summed E-state index contributed by atoms with van der Waals surface area (Å²) in [7, 11) is 0. The van der Waals surface area contributed by atoms with Crippen LogP contribution in [0.2, 0.25) is 0 Å². The molecule has 1 aliphatic carbocycles.